The zero-order valence-corrected chi connectivity index (χ0v) is 14.6. The standard InChI is InChI=1S/C22H20N2O2/c1-26-19-9-4-7-17(14-19)22(25)24-13-11-16-6-2-3-10-20(16)21(24)18-8-5-12-23-15-18/h2-10,12,14-15,21H,11,13H2,1H3. The normalized spacial score (nSPS) is 16.0. The van der Waals surface area contributed by atoms with Gasteiger partial charge in [-0.05, 0) is 47.4 Å². The number of nitrogens with zero attached hydrogens (tertiary/aromatic N) is 2. The molecule has 4 rings (SSSR count). The van der Waals surface area contributed by atoms with Crippen LogP contribution in [0.2, 0.25) is 0 Å². The zero-order valence-electron chi connectivity index (χ0n) is 14.6. The lowest BCUT2D eigenvalue weighted by molar-refractivity contribution is 0.0694. The molecule has 2 aromatic carbocycles. The number of fused-ring (bicyclic) bond motifs is 1. The first-order valence-corrected chi connectivity index (χ1v) is 8.70. The lowest BCUT2D eigenvalue weighted by Crippen LogP contribution is -2.40. The Kier molecular flexibility index (Phi) is 4.40. The van der Waals surface area contributed by atoms with Crippen molar-refractivity contribution in [2.45, 2.75) is 12.5 Å². The predicted octanol–water partition coefficient (Wildman–Crippen LogP) is 3.88. The minimum Gasteiger partial charge on any atom is -0.497 e. The van der Waals surface area contributed by atoms with Gasteiger partial charge in [0.1, 0.15) is 5.75 Å². The number of benzene rings is 2. The highest BCUT2D eigenvalue weighted by molar-refractivity contribution is 5.95. The van der Waals surface area contributed by atoms with Gasteiger partial charge in [0.2, 0.25) is 0 Å². The molecule has 0 bridgehead atoms. The summed E-state index contributed by atoms with van der Waals surface area (Å²) >= 11 is 0. The van der Waals surface area contributed by atoms with Gasteiger partial charge < -0.3 is 9.64 Å². The van der Waals surface area contributed by atoms with Gasteiger partial charge >= 0.3 is 0 Å². The van der Waals surface area contributed by atoms with E-state index in [-0.39, 0.29) is 11.9 Å². The molecule has 0 fully saturated rings. The Bertz CT molecular complexity index is 924. The molecule has 1 aliphatic heterocycles. The zero-order chi connectivity index (χ0) is 17.9. The monoisotopic (exact) mass is 344 g/mol. The van der Waals surface area contributed by atoms with Crippen molar-refractivity contribution >= 4 is 5.91 Å². The fourth-order valence-corrected chi connectivity index (χ4v) is 3.60. The highest BCUT2D eigenvalue weighted by atomic mass is 16.5. The summed E-state index contributed by atoms with van der Waals surface area (Å²) in [4.78, 5) is 19.5. The van der Waals surface area contributed by atoms with Crippen molar-refractivity contribution in [1.29, 1.82) is 0 Å². The quantitative estimate of drug-likeness (QED) is 0.724. The van der Waals surface area contributed by atoms with Crippen molar-refractivity contribution in [3.05, 3.63) is 95.3 Å². The van der Waals surface area contributed by atoms with Gasteiger partial charge in [-0.2, -0.15) is 0 Å². The molecule has 130 valence electrons. The van der Waals surface area contributed by atoms with Crippen molar-refractivity contribution in [3.8, 4) is 5.75 Å². The average molecular weight is 344 g/mol. The second-order valence-corrected chi connectivity index (χ2v) is 6.37. The maximum absolute atomic E-state index is 13.3. The third-order valence-corrected chi connectivity index (χ3v) is 4.86. The number of methoxy groups -OCH3 is 1. The summed E-state index contributed by atoms with van der Waals surface area (Å²) in [6.45, 7) is 0.673. The number of amides is 1. The van der Waals surface area contributed by atoms with Crippen molar-refractivity contribution in [3.63, 3.8) is 0 Å². The van der Waals surface area contributed by atoms with E-state index in [9.17, 15) is 4.79 Å². The molecule has 1 unspecified atom stereocenters. The van der Waals surface area contributed by atoms with E-state index in [1.807, 2.05) is 47.5 Å². The summed E-state index contributed by atoms with van der Waals surface area (Å²) in [5, 5.41) is 0. The maximum Gasteiger partial charge on any atom is 0.254 e. The first-order chi connectivity index (χ1) is 12.8. The molecule has 0 saturated carbocycles. The SMILES string of the molecule is COc1cccc(C(=O)N2CCc3ccccc3C2c2cccnc2)c1. The van der Waals surface area contributed by atoms with E-state index in [0.717, 1.165) is 12.0 Å². The molecule has 0 radical (unpaired) electrons. The van der Waals surface area contributed by atoms with Crippen LogP contribution in [-0.4, -0.2) is 29.4 Å². The van der Waals surface area contributed by atoms with Crippen LogP contribution in [-0.2, 0) is 6.42 Å². The largest absolute Gasteiger partial charge is 0.497 e. The van der Waals surface area contributed by atoms with Crippen LogP contribution in [0, 0.1) is 0 Å². The molecule has 3 aromatic rings. The summed E-state index contributed by atoms with van der Waals surface area (Å²) in [6.07, 6.45) is 4.45. The van der Waals surface area contributed by atoms with Gasteiger partial charge in [0.15, 0.2) is 0 Å². The lowest BCUT2D eigenvalue weighted by atomic mass is 9.88. The van der Waals surface area contributed by atoms with Gasteiger partial charge in [0.25, 0.3) is 5.91 Å². The van der Waals surface area contributed by atoms with E-state index in [2.05, 4.69) is 23.2 Å². The molecule has 1 aliphatic rings. The molecule has 0 N–H and O–H groups in total. The molecular formula is C22H20N2O2. The topological polar surface area (TPSA) is 42.4 Å². The Hall–Kier alpha value is -3.14. The molecule has 1 aromatic heterocycles. The average Bonchev–Trinajstić information content (AvgIpc) is 2.73. The van der Waals surface area contributed by atoms with Crippen LogP contribution in [0.25, 0.3) is 0 Å². The third kappa shape index (κ3) is 2.94. The summed E-state index contributed by atoms with van der Waals surface area (Å²) < 4.78 is 5.28. The Labute approximate surface area is 153 Å². The third-order valence-electron chi connectivity index (χ3n) is 4.86. The molecule has 0 aliphatic carbocycles. The maximum atomic E-state index is 13.3. The van der Waals surface area contributed by atoms with E-state index in [0.29, 0.717) is 17.9 Å². The first-order valence-electron chi connectivity index (χ1n) is 8.70. The Morgan fingerprint density at radius 3 is 2.81 bits per heavy atom. The molecule has 2 heterocycles. The summed E-state index contributed by atoms with van der Waals surface area (Å²) in [5.41, 5.74) is 4.12. The van der Waals surface area contributed by atoms with Gasteiger partial charge in [-0.25, -0.2) is 0 Å². The van der Waals surface area contributed by atoms with Crippen molar-refractivity contribution in [2.24, 2.45) is 0 Å². The van der Waals surface area contributed by atoms with Crippen LogP contribution in [0.1, 0.15) is 33.1 Å². The van der Waals surface area contributed by atoms with Crippen LogP contribution in [0.5, 0.6) is 5.75 Å². The molecule has 0 spiro atoms. The van der Waals surface area contributed by atoms with E-state index in [4.69, 9.17) is 4.74 Å². The van der Waals surface area contributed by atoms with E-state index in [1.54, 1.807) is 19.4 Å². The highest BCUT2D eigenvalue weighted by Gasteiger charge is 2.32. The molecule has 26 heavy (non-hydrogen) atoms. The fourth-order valence-electron chi connectivity index (χ4n) is 3.60. The summed E-state index contributed by atoms with van der Waals surface area (Å²) in [5.74, 6) is 0.693. The molecule has 4 nitrogen and oxygen atoms in total. The van der Waals surface area contributed by atoms with E-state index in [1.165, 1.54) is 11.1 Å². The number of carbonyl (C=O) groups excluding carboxylic acids is 1. The van der Waals surface area contributed by atoms with Gasteiger partial charge in [0.05, 0.1) is 13.2 Å². The number of aromatic nitrogens is 1. The van der Waals surface area contributed by atoms with Gasteiger partial charge in [-0.3, -0.25) is 9.78 Å². The Morgan fingerprint density at radius 1 is 1.12 bits per heavy atom. The second kappa shape index (κ2) is 7.00. The van der Waals surface area contributed by atoms with Crippen molar-refractivity contribution in [1.82, 2.24) is 9.88 Å². The van der Waals surface area contributed by atoms with Crippen molar-refractivity contribution < 1.29 is 9.53 Å². The lowest BCUT2D eigenvalue weighted by Gasteiger charge is -2.37. The number of rotatable bonds is 3. The summed E-state index contributed by atoms with van der Waals surface area (Å²) in [6, 6.07) is 19.5. The predicted molar refractivity (Wildman–Crippen MR) is 100 cm³/mol. The van der Waals surface area contributed by atoms with Crippen LogP contribution < -0.4 is 4.74 Å². The van der Waals surface area contributed by atoms with Gasteiger partial charge in [0, 0.05) is 24.5 Å². The smallest absolute Gasteiger partial charge is 0.254 e. The number of hydrogen-bond acceptors (Lipinski definition) is 3. The minimum absolute atomic E-state index is 0.00672. The van der Waals surface area contributed by atoms with Gasteiger partial charge in [-0.15, -0.1) is 0 Å². The van der Waals surface area contributed by atoms with Gasteiger partial charge in [-0.1, -0.05) is 36.4 Å². The Balaban J connectivity index is 1.78. The molecule has 4 heteroatoms. The van der Waals surface area contributed by atoms with Crippen LogP contribution in [0.3, 0.4) is 0 Å². The van der Waals surface area contributed by atoms with E-state index < -0.39 is 0 Å². The van der Waals surface area contributed by atoms with E-state index >= 15 is 0 Å². The molecule has 0 saturated heterocycles. The number of ether oxygens (including phenoxy) is 1. The molecular weight excluding hydrogens is 324 g/mol. The molecule has 1 amide bonds. The summed E-state index contributed by atoms with van der Waals surface area (Å²) in [7, 11) is 1.61. The van der Waals surface area contributed by atoms with Crippen LogP contribution in [0.4, 0.5) is 0 Å². The Morgan fingerprint density at radius 2 is 2.00 bits per heavy atom. The minimum atomic E-state index is -0.132. The van der Waals surface area contributed by atoms with Crippen LogP contribution in [0.15, 0.2) is 73.1 Å². The number of pyridine rings is 1. The fraction of sp³-hybridized carbons (Fsp3) is 0.182. The second-order valence-electron chi connectivity index (χ2n) is 6.37. The molecule has 1 atom stereocenters. The van der Waals surface area contributed by atoms with Crippen molar-refractivity contribution in [2.75, 3.05) is 13.7 Å². The van der Waals surface area contributed by atoms with Crippen LogP contribution >= 0.6 is 0 Å². The number of hydrogen-bond donors (Lipinski definition) is 0. The number of carbonyl (C=O) groups is 1. The highest BCUT2D eigenvalue weighted by Crippen LogP contribution is 2.35. The first kappa shape index (κ1) is 16.3.